The Morgan fingerprint density at radius 1 is 1.11 bits per heavy atom. The molecule has 0 aliphatic rings. The number of carboxylic acids is 1. The minimum atomic E-state index is -4.41. The molecule has 0 aromatic carbocycles. The van der Waals surface area contributed by atoms with Crippen molar-refractivity contribution in [2.24, 2.45) is 5.41 Å². The summed E-state index contributed by atoms with van der Waals surface area (Å²) in [7, 11) is -4.41. The lowest BCUT2D eigenvalue weighted by atomic mass is 9.75. The summed E-state index contributed by atoms with van der Waals surface area (Å²) in [4.78, 5) is 30.6. The van der Waals surface area contributed by atoms with Gasteiger partial charge in [0.15, 0.2) is 0 Å². The van der Waals surface area contributed by atoms with E-state index in [4.69, 9.17) is 0 Å². The lowest BCUT2D eigenvalue weighted by Gasteiger charge is -2.37. The van der Waals surface area contributed by atoms with E-state index in [1.54, 1.807) is 0 Å². The number of carboxylic acid groups (broad SMARTS) is 1. The molecule has 18 heavy (non-hydrogen) atoms. The molecule has 0 bridgehead atoms. The molecule has 0 heterocycles. The van der Waals surface area contributed by atoms with Crippen LogP contribution in [0.25, 0.3) is 0 Å². The van der Waals surface area contributed by atoms with Crippen LogP contribution in [0.4, 0.5) is 0 Å². The summed E-state index contributed by atoms with van der Waals surface area (Å²) < 4.78 is 11.7. The van der Waals surface area contributed by atoms with Crippen molar-refractivity contribution in [3.63, 3.8) is 0 Å². The molecule has 0 spiro atoms. The van der Waals surface area contributed by atoms with E-state index in [0.29, 0.717) is 32.1 Å². The highest BCUT2D eigenvalue weighted by Gasteiger charge is 2.51. The Morgan fingerprint density at radius 2 is 1.56 bits per heavy atom. The highest BCUT2D eigenvalue weighted by molar-refractivity contribution is 7.52. The zero-order valence-electron chi connectivity index (χ0n) is 11.4. The van der Waals surface area contributed by atoms with E-state index < -0.39 is 24.6 Å². The van der Waals surface area contributed by atoms with Gasteiger partial charge in [-0.3, -0.25) is 9.36 Å². The zero-order valence-corrected chi connectivity index (χ0v) is 12.3. The molecule has 0 saturated heterocycles. The van der Waals surface area contributed by atoms with Crippen LogP contribution in [0, 0.1) is 5.41 Å². The molecule has 6 heteroatoms. The second-order valence-corrected chi connectivity index (χ2v) is 6.66. The summed E-state index contributed by atoms with van der Waals surface area (Å²) in [6.45, 7) is 5.50. The van der Waals surface area contributed by atoms with Gasteiger partial charge in [-0.2, -0.15) is 0 Å². The molecule has 1 atom stereocenters. The Kier molecular flexibility index (Phi) is 7.11. The summed E-state index contributed by atoms with van der Waals surface area (Å²) >= 11 is 0. The second kappa shape index (κ2) is 7.27. The van der Waals surface area contributed by atoms with Crippen LogP contribution in [0.15, 0.2) is 0 Å². The van der Waals surface area contributed by atoms with Crippen molar-refractivity contribution in [3.05, 3.63) is 0 Å². The highest BCUT2D eigenvalue weighted by Crippen LogP contribution is 2.55. The summed E-state index contributed by atoms with van der Waals surface area (Å²) in [6.07, 6.45) is 2.64. The van der Waals surface area contributed by atoms with Gasteiger partial charge < -0.3 is 14.9 Å². The Morgan fingerprint density at radius 3 is 1.78 bits per heavy atom. The van der Waals surface area contributed by atoms with Gasteiger partial charge in [-0.1, -0.05) is 40.0 Å². The smallest absolute Gasteiger partial charge is 0.329 e. The summed E-state index contributed by atoms with van der Waals surface area (Å²) in [6, 6.07) is 0. The van der Waals surface area contributed by atoms with Gasteiger partial charge in [-0.25, -0.2) is 0 Å². The first-order chi connectivity index (χ1) is 8.26. The van der Waals surface area contributed by atoms with Gasteiger partial charge in [0.1, 0.15) is 0 Å². The highest BCUT2D eigenvalue weighted by atomic mass is 31.2. The Labute approximate surface area is 109 Å². The fourth-order valence-electron chi connectivity index (χ4n) is 2.75. The number of carbonyl (C=O) groups is 1. The predicted octanol–water partition coefficient (Wildman–Crippen LogP) is 3.00. The average molecular weight is 280 g/mol. The number of rotatable bonds is 9. The molecule has 0 aliphatic carbocycles. The Hall–Kier alpha value is -0.380. The van der Waals surface area contributed by atoms with Crippen LogP contribution in [0.2, 0.25) is 0 Å². The SMILES string of the molecule is CCCC(C(CCC)(CCC)C(=O)O)P(=O)(O)O. The topological polar surface area (TPSA) is 94.8 Å². The normalized spacial score (nSPS) is 14.5. The maximum atomic E-state index is 11.7. The first kappa shape index (κ1) is 17.6. The van der Waals surface area contributed by atoms with E-state index in [1.165, 1.54) is 0 Å². The molecule has 0 amide bonds. The molecule has 3 N–H and O–H groups in total. The second-order valence-electron chi connectivity index (χ2n) is 4.85. The molecular weight excluding hydrogens is 255 g/mol. The number of hydrogen-bond acceptors (Lipinski definition) is 2. The van der Waals surface area contributed by atoms with E-state index in [-0.39, 0.29) is 6.42 Å². The van der Waals surface area contributed by atoms with Crippen LogP contribution in [-0.2, 0) is 9.36 Å². The quantitative estimate of drug-likeness (QED) is 0.564. The van der Waals surface area contributed by atoms with Gasteiger partial charge in [0.05, 0.1) is 11.1 Å². The minimum absolute atomic E-state index is 0.247. The van der Waals surface area contributed by atoms with Crippen LogP contribution >= 0.6 is 7.60 Å². The predicted molar refractivity (Wildman–Crippen MR) is 70.6 cm³/mol. The maximum Gasteiger partial charge on any atom is 0.329 e. The van der Waals surface area contributed by atoms with Crippen LogP contribution in [-0.4, -0.2) is 26.5 Å². The lowest BCUT2D eigenvalue weighted by molar-refractivity contribution is -0.150. The molecule has 1 unspecified atom stereocenters. The van der Waals surface area contributed by atoms with Crippen molar-refractivity contribution >= 4 is 13.6 Å². The maximum absolute atomic E-state index is 11.7. The summed E-state index contributed by atoms with van der Waals surface area (Å²) in [5.74, 6) is -1.08. The van der Waals surface area contributed by atoms with E-state index >= 15 is 0 Å². The largest absolute Gasteiger partial charge is 0.481 e. The third-order valence-electron chi connectivity index (χ3n) is 3.42. The van der Waals surface area contributed by atoms with E-state index in [1.807, 2.05) is 20.8 Å². The molecule has 0 rings (SSSR count). The molecule has 0 aromatic rings. The molecule has 0 saturated carbocycles. The van der Waals surface area contributed by atoms with Crippen LogP contribution in [0.3, 0.4) is 0 Å². The van der Waals surface area contributed by atoms with Crippen LogP contribution in [0.1, 0.15) is 59.3 Å². The van der Waals surface area contributed by atoms with E-state index in [0.717, 1.165) is 0 Å². The molecular formula is C12H25O5P. The molecule has 5 nitrogen and oxygen atoms in total. The van der Waals surface area contributed by atoms with Crippen LogP contribution in [0.5, 0.6) is 0 Å². The van der Waals surface area contributed by atoms with Gasteiger partial charge >= 0.3 is 13.6 Å². The van der Waals surface area contributed by atoms with Gasteiger partial charge in [-0.15, -0.1) is 0 Å². The van der Waals surface area contributed by atoms with Crippen LogP contribution < -0.4 is 0 Å². The van der Waals surface area contributed by atoms with Crippen molar-refractivity contribution in [1.29, 1.82) is 0 Å². The third-order valence-corrected chi connectivity index (χ3v) is 4.99. The fourth-order valence-corrected chi connectivity index (χ4v) is 4.35. The minimum Gasteiger partial charge on any atom is -0.481 e. The molecule has 108 valence electrons. The first-order valence-corrected chi connectivity index (χ1v) is 8.23. The van der Waals surface area contributed by atoms with Crippen molar-refractivity contribution in [3.8, 4) is 0 Å². The van der Waals surface area contributed by atoms with Gasteiger partial charge in [0.2, 0.25) is 0 Å². The average Bonchev–Trinajstić information content (AvgIpc) is 2.23. The standard InChI is InChI=1S/C12H25O5P/c1-4-7-10(18(15,16)17)12(8-5-2,9-6-3)11(13)14/h10H,4-9H2,1-3H3,(H,13,14)(H2,15,16,17). The lowest BCUT2D eigenvalue weighted by Crippen LogP contribution is -2.42. The molecule has 0 aliphatic heterocycles. The third kappa shape index (κ3) is 4.08. The molecule has 0 radical (unpaired) electrons. The Bertz CT molecular complexity index is 304. The zero-order chi connectivity index (χ0) is 14.4. The molecule has 0 fully saturated rings. The summed E-state index contributed by atoms with van der Waals surface area (Å²) in [5, 5.41) is 9.50. The molecule has 0 aromatic heterocycles. The van der Waals surface area contributed by atoms with E-state index in [9.17, 15) is 24.3 Å². The number of aliphatic carboxylic acids is 1. The van der Waals surface area contributed by atoms with E-state index in [2.05, 4.69) is 0 Å². The first-order valence-electron chi connectivity index (χ1n) is 6.54. The fraction of sp³-hybridized carbons (Fsp3) is 0.917. The van der Waals surface area contributed by atoms with Gasteiger partial charge in [0.25, 0.3) is 0 Å². The summed E-state index contributed by atoms with van der Waals surface area (Å²) in [5.41, 5.74) is -2.37. The van der Waals surface area contributed by atoms with Crippen molar-refractivity contribution in [2.45, 2.75) is 65.0 Å². The van der Waals surface area contributed by atoms with Crippen molar-refractivity contribution in [1.82, 2.24) is 0 Å². The number of hydrogen-bond donors (Lipinski definition) is 3. The monoisotopic (exact) mass is 280 g/mol. The van der Waals surface area contributed by atoms with Crippen molar-refractivity contribution < 1.29 is 24.3 Å². The van der Waals surface area contributed by atoms with Gasteiger partial charge in [-0.05, 0) is 19.3 Å². The van der Waals surface area contributed by atoms with Crippen molar-refractivity contribution in [2.75, 3.05) is 0 Å². The Balaban J connectivity index is 5.59. The van der Waals surface area contributed by atoms with Gasteiger partial charge in [0, 0.05) is 0 Å².